The molecule has 37 heavy (non-hydrogen) atoms. The van der Waals surface area contributed by atoms with E-state index in [1.54, 1.807) is 6.20 Å². The number of nitrogens with zero attached hydrogens (tertiary/aromatic N) is 1. The Hall–Kier alpha value is -4.19. The van der Waals surface area contributed by atoms with E-state index in [0.29, 0.717) is 36.5 Å². The van der Waals surface area contributed by atoms with Crippen molar-refractivity contribution in [2.45, 2.75) is 31.3 Å². The van der Waals surface area contributed by atoms with Crippen LogP contribution in [0.2, 0.25) is 0 Å². The number of carbonyl (C=O) groups excluding carboxylic acids is 1. The summed E-state index contributed by atoms with van der Waals surface area (Å²) >= 11 is 0. The summed E-state index contributed by atoms with van der Waals surface area (Å²) in [6.07, 6.45) is 3.03. The molecule has 0 N–H and O–H groups in total. The first-order valence-electron chi connectivity index (χ1n) is 12.4. The van der Waals surface area contributed by atoms with Crippen LogP contribution >= 0.6 is 0 Å². The zero-order valence-electron chi connectivity index (χ0n) is 20.4. The average Bonchev–Trinajstić information content (AvgIpc) is 3.54. The van der Waals surface area contributed by atoms with Gasteiger partial charge in [-0.3, -0.25) is 9.78 Å². The first kappa shape index (κ1) is 23.2. The normalized spacial score (nSPS) is 17.6. The fraction of sp³-hybridized carbons (Fsp3) is 0.226. The third kappa shape index (κ3) is 4.33. The van der Waals surface area contributed by atoms with Crippen molar-refractivity contribution in [1.29, 1.82) is 0 Å². The maximum Gasteiger partial charge on any atom is 0.306 e. The number of rotatable bonds is 6. The number of pyridine rings is 1. The monoisotopic (exact) mass is 495 g/mol. The molecule has 5 nitrogen and oxygen atoms in total. The molecule has 0 fully saturated rings. The van der Waals surface area contributed by atoms with Crippen LogP contribution in [-0.4, -0.2) is 24.7 Å². The molecule has 6 rings (SSSR count). The summed E-state index contributed by atoms with van der Waals surface area (Å²) in [5.41, 5.74) is 6.38. The van der Waals surface area contributed by atoms with E-state index in [-0.39, 0.29) is 24.1 Å². The number of hydrogen-bond acceptors (Lipinski definition) is 5. The molecule has 2 atom stereocenters. The summed E-state index contributed by atoms with van der Waals surface area (Å²) in [5, 5.41) is 0. The number of esters is 1. The van der Waals surface area contributed by atoms with Gasteiger partial charge >= 0.3 is 5.97 Å². The van der Waals surface area contributed by atoms with E-state index in [9.17, 15) is 4.79 Å². The van der Waals surface area contributed by atoms with Crippen LogP contribution in [0.4, 0.5) is 4.39 Å². The third-order valence-corrected chi connectivity index (χ3v) is 7.21. The fourth-order valence-corrected chi connectivity index (χ4v) is 5.44. The quantitative estimate of drug-likeness (QED) is 0.280. The molecular weight excluding hydrogens is 469 g/mol. The summed E-state index contributed by atoms with van der Waals surface area (Å²) in [4.78, 5) is 16.4. The Kier molecular flexibility index (Phi) is 6.08. The molecule has 0 amide bonds. The maximum absolute atomic E-state index is 15.2. The Morgan fingerprint density at radius 3 is 2.76 bits per heavy atom. The van der Waals surface area contributed by atoms with E-state index in [4.69, 9.17) is 14.2 Å². The van der Waals surface area contributed by atoms with Gasteiger partial charge < -0.3 is 14.2 Å². The average molecular weight is 496 g/mol. The highest BCUT2D eigenvalue weighted by atomic mass is 19.1. The van der Waals surface area contributed by atoms with E-state index < -0.39 is 6.10 Å². The summed E-state index contributed by atoms with van der Waals surface area (Å²) in [7, 11) is 1.39. The van der Waals surface area contributed by atoms with E-state index >= 15 is 4.39 Å². The van der Waals surface area contributed by atoms with Gasteiger partial charge in [-0.1, -0.05) is 48.5 Å². The van der Waals surface area contributed by atoms with Crippen LogP contribution in [0.25, 0.3) is 22.4 Å². The SMILES string of the molecule is COC(=O)C[C@@H]1COc2cc(O[C@@H]3CCc4c(-c5cccnc5-c5ccccc5)ccc(F)c43)ccc21. The van der Waals surface area contributed by atoms with Gasteiger partial charge in [-0.2, -0.15) is 0 Å². The first-order valence-corrected chi connectivity index (χ1v) is 12.4. The van der Waals surface area contributed by atoms with Gasteiger partial charge in [0.25, 0.3) is 0 Å². The summed E-state index contributed by atoms with van der Waals surface area (Å²) < 4.78 is 32.2. The Labute approximate surface area is 214 Å². The molecule has 6 heteroatoms. The van der Waals surface area contributed by atoms with Gasteiger partial charge in [0, 0.05) is 40.4 Å². The lowest BCUT2D eigenvalue weighted by Crippen LogP contribution is -2.09. The Morgan fingerprint density at radius 2 is 1.92 bits per heavy atom. The lowest BCUT2D eigenvalue weighted by molar-refractivity contribution is -0.141. The standard InChI is InChI=1S/C31H26FNO4/c1-35-29(34)16-20-18-36-28-17-21(9-10-22(20)28)37-27-14-12-24-23(11-13-26(32)30(24)27)25-8-5-15-33-31(25)19-6-3-2-4-7-19/h2-11,13,15,17,20,27H,12,14,16,18H2,1H3/t20-,27-/m1/s1. The molecule has 3 aromatic carbocycles. The van der Waals surface area contributed by atoms with Crippen molar-refractivity contribution in [3.05, 3.63) is 102 Å². The molecule has 1 aliphatic heterocycles. The molecule has 0 saturated heterocycles. The summed E-state index contributed by atoms with van der Waals surface area (Å²) in [6, 6.07) is 23.0. The molecule has 0 radical (unpaired) electrons. The molecule has 2 heterocycles. The summed E-state index contributed by atoms with van der Waals surface area (Å²) in [6.45, 7) is 0.424. The lowest BCUT2D eigenvalue weighted by atomic mass is 9.93. The lowest BCUT2D eigenvalue weighted by Gasteiger charge is -2.18. The molecule has 186 valence electrons. The minimum Gasteiger partial charge on any atom is -0.492 e. The van der Waals surface area contributed by atoms with Crippen LogP contribution in [0.15, 0.2) is 79.0 Å². The molecule has 4 aromatic rings. The van der Waals surface area contributed by atoms with Crippen LogP contribution < -0.4 is 9.47 Å². The predicted octanol–water partition coefficient (Wildman–Crippen LogP) is 6.66. The zero-order valence-corrected chi connectivity index (χ0v) is 20.4. The van der Waals surface area contributed by atoms with Crippen LogP contribution in [0.3, 0.4) is 0 Å². The highest BCUT2D eigenvalue weighted by Crippen LogP contribution is 2.45. The molecule has 0 spiro atoms. The van der Waals surface area contributed by atoms with Gasteiger partial charge in [-0.05, 0) is 42.2 Å². The van der Waals surface area contributed by atoms with Gasteiger partial charge in [-0.25, -0.2) is 4.39 Å². The van der Waals surface area contributed by atoms with E-state index in [1.165, 1.54) is 13.2 Å². The van der Waals surface area contributed by atoms with Crippen molar-refractivity contribution < 1.29 is 23.4 Å². The third-order valence-electron chi connectivity index (χ3n) is 7.21. The second-order valence-corrected chi connectivity index (χ2v) is 9.39. The molecule has 1 aliphatic carbocycles. The number of benzene rings is 3. The second kappa shape index (κ2) is 9.69. The van der Waals surface area contributed by atoms with Crippen molar-refractivity contribution in [3.63, 3.8) is 0 Å². The number of ether oxygens (including phenoxy) is 3. The van der Waals surface area contributed by atoms with Crippen LogP contribution in [0.5, 0.6) is 11.5 Å². The number of methoxy groups -OCH3 is 1. The maximum atomic E-state index is 15.2. The molecular formula is C31H26FNO4. The van der Waals surface area contributed by atoms with Gasteiger partial charge in [-0.15, -0.1) is 0 Å². The Balaban J connectivity index is 1.30. The second-order valence-electron chi connectivity index (χ2n) is 9.39. The van der Waals surface area contributed by atoms with Gasteiger partial charge in [0.05, 0.1) is 25.8 Å². The van der Waals surface area contributed by atoms with Gasteiger partial charge in [0.1, 0.15) is 23.4 Å². The Morgan fingerprint density at radius 1 is 1.05 bits per heavy atom. The minimum atomic E-state index is -0.405. The van der Waals surface area contributed by atoms with Crippen LogP contribution in [0.1, 0.15) is 41.6 Å². The van der Waals surface area contributed by atoms with E-state index in [0.717, 1.165) is 33.5 Å². The largest absolute Gasteiger partial charge is 0.492 e. The smallest absolute Gasteiger partial charge is 0.306 e. The molecule has 2 aliphatic rings. The van der Waals surface area contributed by atoms with Crippen molar-refractivity contribution in [1.82, 2.24) is 4.98 Å². The van der Waals surface area contributed by atoms with Crippen molar-refractivity contribution in [2.24, 2.45) is 0 Å². The number of aromatic nitrogens is 1. The molecule has 0 bridgehead atoms. The number of carbonyl (C=O) groups is 1. The molecule has 0 unspecified atom stereocenters. The van der Waals surface area contributed by atoms with Crippen LogP contribution in [0, 0.1) is 5.82 Å². The van der Waals surface area contributed by atoms with Crippen molar-refractivity contribution >= 4 is 5.97 Å². The molecule has 1 aromatic heterocycles. The summed E-state index contributed by atoms with van der Waals surface area (Å²) in [5.74, 6) is 0.747. The first-order chi connectivity index (χ1) is 18.1. The minimum absolute atomic E-state index is 0.0398. The number of hydrogen-bond donors (Lipinski definition) is 0. The molecule has 0 saturated carbocycles. The van der Waals surface area contributed by atoms with Gasteiger partial charge in [0.15, 0.2) is 0 Å². The fourth-order valence-electron chi connectivity index (χ4n) is 5.44. The highest BCUT2D eigenvalue weighted by Gasteiger charge is 2.32. The van der Waals surface area contributed by atoms with Crippen molar-refractivity contribution in [3.8, 4) is 33.9 Å². The predicted molar refractivity (Wildman–Crippen MR) is 138 cm³/mol. The van der Waals surface area contributed by atoms with Crippen molar-refractivity contribution in [2.75, 3.05) is 13.7 Å². The number of fused-ring (bicyclic) bond motifs is 2. The zero-order chi connectivity index (χ0) is 25.4. The number of halogens is 1. The highest BCUT2D eigenvalue weighted by molar-refractivity contribution is 5.83. The topological polar surface area (TPSA) is 57.7 Å². The van der Waals surface area contributed by atoms with E-state index in [1.807, 2.05) is 66.7 Å². The van der Waals surface area contributed by atoms with Gasteiger partial charge in [0.2, 0.25) is 0 Å². The van der Waals surface area contributed by atoms with E-state index in [2.05, 4.69) is 4.98 Å². The van der Waals surface area contributed by atoms with Crippen LogP contribution in [-0.2, 0) is 16.0 Å². The Bertz CT molecular complexity index is 1470.